The Morgan fingerprint density at radius 3 is 1.36 bits per heavy atom. The van der Waals surface area contributed by atoms with Crippen molar-refractivity contribution in [2.24, 2.45) is 0 Å². The first kappa shape index (κ1) is 35.3. The van der Waals surface area contributed by atoms with Crippen LogP contribution in [-0.2, 0) is 37.4 Å². The number of H-pyrrole nitrogens is 2. The van der Waals surface area contributed by atoms with Crippen molar-refractivity contribution < 1.29 is 29.4 Å². The summed E-state index contributed by atoms with van der Waals surface area (Å²) in [6.07, 6.45) is 7.42. The Hall–Kier alpha value is -4.60. The first-order valence-electron chi connectivity index (χ1n) is 16.5. The number of carboxylic acid groups (broad SMARTS) is 2. The second-order valence-electron chi connectivity index (χ2n) is 13.1. The standard InChI is InChI=1S/C37H48N4O6/c1-9-23-21(5)35(46)40-29(23)17-27-19(3)25(13-11-15-31(42)43)33(38-27)37(7,8)34-26(14-12-16-32(44)45)20(4)28(39-34)18-30-24(10-2)22(6)36(47)41-30/h17-18,38-39H,9-16H2,1-8H3,(H,40,46)(H,41,47)(H,42,43)(H,44,45)/b29-17-,30-18-. The lowest BCUT2D eigenvalue weighted by Gasteiger charge is -2.27. The minimum Gasteiger partial charge on any atom is -0.481 e. The summed E-state index contributed by atoms with van der Waals surface area (Å²) in [6.45, 7) is 15.9. The highest BCUT2D eigenvalue weighted by atomic mass is 16.4. The predicted octanol–water partition coefficient (Wildman–Crippen LogP) is 6.49. The number of amides is 2. The fourth-order valence-corrected chi connectivity index (χ4v) is 6.95. The zero-order valence-electron chi connectivity index (χ0n) is 28.8. The van der Waals surface area contributed by atoms with Gasteiger partial charge in [-0.1, -0.05) is 13.8 Å². The summed E-state index contributed by atoms with van der Waals surface area (Å²) in [4.78, 5) is 55.3. The number of carbonyl (C=O) groups excluding carboxylic acids is 2. The van der Waals surface area contributed by atoms with Crippen LogP contribution >= 0.6 is 0 Å². The minimum absolute atomic E-state index is 0.0388. The maximum Gasteiger partial charge on any atom is 0.303 e. The van der Waals surface area contributed by atoms with E-state index in [0.29, 0.717) is 49.7 Å². The van der Waals surface area contributed by atoms with Crippen molar-refractivity contribution in [3.8, 4) is 0 Å². The Balaban J connectivity index is 1.89. The van der Waals surface area contributed by atoms with E-state index in [0.717, 1.165) is 67.6 Å². The van der Waals surface area contributed by atoms with E-state index in [9.17, 15) is 29.4 Å². The molecule has 0 atom stereocenters. The molecule has 252 valence electrons. The smallest absolute Gasteiger partial charge is 0.303 e. The molecule has 0 aliphatic carbocycles. The molecule has 2 aliphatic rings. The molecule has 2 aromatic rings. The van der Waals surface area contributed by atoms with Crippen LogP contribution in [0.4, 0.5) is 0 Å². The Morgan fingerprint density at radius 1 is 0.681 bits per heavy atom. The Morgan fingerprint density at radius 2 is 1.04 bits per heavy atom. The zero-order valence-corrected chi connectivity index (χ0v) is 28.8. The molecule has 10 heteroatoms. The van der Waals surface area contributed by atoms with E-state index in [1.807, 2.05) is 53.7 Å². The number of hydrogen-bond donors (Lipinski definition) is 6. The number of aliphatic carboxylic acids is 2. The fraction of sp³-hybridized carbons (Fsp3) is 0.459. The Kier molecular flexibility index (Phi) is 10.5. The number of hydrogen-bond acceptors (Lipinski definition) is 4. The van der Waals surface area contributed by atoms with Gasteiger partial charge in [0.25, 0.3) is 11.8 Å². The van der Waals surface area contributed by atoms with Crippen LogP contribution in [0.1, 0.15) is 125 Å². The van der Waals surface area contributed by atoms with Gasteiger partial charge in [-0.25, -0.2) is 0 Å². The quantitative estimate of drug-likeness (QED) is 0.138. The molecule has 2 amide bonds. The molecule has 0 fully saturated rings. The van der Waals surface area contributed by atoms with Crippen molar-refractivity contribution in [1.82, 2.24) is 20.6 Å². The molecule has 0 aromatic carbocycles. The van der Waals surface area contributed by atoms with Gasteiger partial charge in [0.2, 0.25) is 0 Å². The molecule has 0 saturated carbocycles. The van der Waals surface area contributed by atoms with Gasteiger partial charge in [0.05, 0.1) is 0 Å². The van der Waals surface area contributed by atoms with E-state index in [4.69, 9.17) is 0 Å². The van der Waals surface area contributed by atoms with Crippen molar-refractivity contribution >= 4 is 35.9 Å². The summed E-state index contributed by atoms with van der Waals surface area (Å²) in [5, 5.41) is 24.8. The van der Waals surface area contributed by atoms with E-state index >= 15 is 0 Å². The van der Waals surface area contributed by atoms with Gasteiger partial charge in [-0.3, -0.25) is 19.2 Å². The highest BCUT2D eigenvalue weighted by Gasteiger charge is 2.35. The third kappa shape index (κ3) is 7.06. The van der Waals surface area contributed by atoms with Gasteiger partial charge in [-0.15, -0.1) is 0 Å². The van der Waals surface area contributed by atoms with Crippen molar-refractivity contribution in [1.29, 1.82) is 0 Å². The number of carboxylic acids is 2. The van der Waals surface area contributed by atoms with Crippen molar-refractivity contribution in [3.63, 3.8) is 0 Å². The van der Waals surface area contributed by atoms with E-state index < -0.39 is 17.4 Å². The minimum atomic E-state index is -0.851. The lowest BCUT2D eigenvalue weighted by molar-refractivity contribution is -0.138. The normalized spacial score (nSPS) is 17.0. The van der Waals surface area contributed by atoms with Gasteiger partial charge in [-0.05, 0) is 126 Å². The van der Waals surface area contributed by atoms with Gasteiger partial charge in [-0.2, -0.15) is 0 Å². The SMILES string of the molecule is CCC1=C(C)C(=O)N/C1=C\c1[nH]c(C(C)(C)c2[nH]c(/C=C3\NC(=O)C(C)=C3CC)c(C)c2CCCC(=O)O)c(CCCC(=O)O)c1C. The van der Waals surface area contributed by atoms with Crippen LogP contribution in [0.25, 0.3) is 12.2 Å². The fourth-order valence-electron chi connectivity index (χ4n) is 6.95. The average molecular weight is 645 g/mol. The maximum atomic E-state index is 12.5. The number of nitrogens with one attached hydrogen (secondary N) is 4. The predicted molar refractivity (Wildman–Crippen MR) is 183 cm³/mol. The molecule has 0 bridgehead atoms. The van der Waals surface area contributed by atoms with Crippen LogP contribution in [0, 0.1) is 13.8 Å². The van der Waals surface area contributed by atoms with Crippen molar-refractivity contribution in [2.45, 2.75) is 112 Å². The molecular formula is C37H48N4O6. The molecule has 47 heavy (non-hydrogen) atoms. The van der Waals surface area contributed by atoms with Crippen LogP contribution in [0.2, 0.25) is 0 Å². The van der Waals surface area contributed by atoms with Crippen LogP contribution < -0.4 is 10.6 Å². The number of allylic oxidation sites excluding steroid dienone is 2. The lowest BCUT2D eigenvalue weighted by Crippen LogP contribution is -2.24. The summed E-state index contributed by atoms with van der Waals surface area (Å²) < 4.78 is 0. The van der Waals surface area contributed by atoms with Crippen LogP contribution in [0.5, 0.6) is 0 Å². The number of carbonyl (C=O) groups is 4. The molecule has 0 spiro atoms. The summed E-state index contributed by atoms with van der Waals surface area (Å²) in [5.41, 5.74) is 11.7. The van der Waals surface area contributed by atoms with Gasteiger partial charge >= 0.3 is 11.9 Å². The van der Waals surface area contributed by atoms with Gasteiger partial charge < -0.3 is 30.8 Å². The molecule has 4 rings (SSSR count). The molecular weight excluding hydrogens is 596 g/mol. The summed E-state index contributed by atoms with van der Waals surface area (Å²) in [6, 6.07) is 0. The van der Waals surface area contributed by atoms with E-state index in [-0.39, 0.29) is 24.7 Å². The molecule has 0 unspecified atom stereocenters. The Labute approximate surface area is 276 Å². The summed E-state index contributed by atoms with van der Waals surface area (Å²) >= 11 is 0. The van der Waals surface area contributed by atoms with Crippen molar-refractivity contribution in [3.05, 3.63) is 78.7 Å². The first-order chi connectivity index (χ1) is 22.1. The molecule has 2 aromatic heterocycles. The monoisotopic (exact) mass is 644 g/mol. The highest BCUT2D eigenvalue weighted by molar-refractivity contribution is 6.01. The van der Waals surface area contributed by atoms with E-state index in [1.165, 1.54) is 0 Å². The Bertz CT molecular complexity index is 1630. The zero-order chi connectivity index (χ0) is 34.8. The summed E-state index contributed by atoms with van der Waals surface area (Å²) in [5.74, 6) is -1.92. The first-order valence-corrected chi connectivity index (χ1v) is 16.5. The molecule has 10 nitrogen and oxygen atoms in total. The van der Waals surface area contributed by atoms with E-state index in [1.54, 1.807) is 0 Å². The number of aromatic nitrogens is 2. The number of rotatable bonds is 14. The van der Waals surface area contributed by atoms with Gasteiger partial charge in [0.15, 0.2) is 0 Å². The number of aromatic amines is 2. The third-order valence-corrected chi connectivity index (χ3v) is 9.74. The molecule has 2 aliphatic heterocycles. The maximum absolute atomic E-state index is 12.5. The largest absolute Gasteiger partial charge is 0.481 e. The van der Waals surface area contributed by atoms with Gasteiger partial charge in [0.1, 0.15) is 0 Å². The van der Waals surface area contributed by atoms with Crippen LogP contribution in [0.3, 0.4) is 0 Å². The third-order valence-electron chi connectivity index (χ3n) is 9.74. The second kappa shape index (κ2) is 14.0. The second-order valence-corrected chi connectivity index (χ2v) is 13.1. The molecule has 0 saturated heterocycles. The topological polar surface area (TPSA) is 164 Å². The summed E-state index contributed by atoms with van der Waals surface area (Å²) in [7, 11) is 0. The van der Waals surface area contributed by atoms with Crippen LogP contribution in [0.15, 0.2) is 33.7 Å². The van der Waals surface area contributed by atoms with Crippen LogP contribution in [-0.4, -0.2) is 43.9 Å². The average Bonchev–Trinajstić information content (AvgIpc) is 3.67. The van der Waals surface area contributed by atoms with Gasteiger partial charge in [0, 0.05) is 63.6 Å². The molecule has 0 radical (unpaired) electrons. The molecule has 6 N–H and O–H groups in total. The molecule has 4 heterocycles. The van der Waals surface area contributed by atoms with E-state index in [2.05, 4.69) is 34.4 Å². The lowest BCUT2D eigenvalue weighted by atomic mass is 9.79. The van der Waals surface area contributed by atoms with Crippen molar-refractivity contribution in [2.75, 3.05) is 0 Å². The highest BCUT2D eigenvalue weighted by Crippen LogP contribution is 2.41.